The quantitative estimate of drug-likeness (QED) is 0.904. The van der Waals surface area contributed by atoms with Gasteiger partial charge in [-0.05, 0) is 42.5 Å². The van der Waals surface area contributed by atoms with Crippen LogP contribution in [0.3, 0.4) is 0 Å². The number of carbonyl (C=O) groups excluding carboxylic acids is 1. The molecular weight excluding hydrogens is 258 g/mol. The van der Waals surface area contributed by atoms with Gasteiger partial charge in [-0.1, -0.05) is 12.1 Å². The maximum absolute atomic E-state index is 11.9. The number of carbonyl (C=O) groups is 1. The van der Waals surface area contributed by atoms with Crippen LogP contribution in [0.1, 0.15) is 16.9 Å². The average molecular weight is 275 g/mol. The molecule has 0 saturated carbocycles. The molecule has 0 saturated heterocycles. The van der Waals surface area contributed by atoms with Crippen molar-refractivity contribution in [1.29, 1.82) is 0 Å². The third-order valence-electron chi connectivity index (χ3n) is 2.81. The minimum Gasteiger partial charge on any atom is -0.495 e. The Labute approximate surface area is 117 Å². The molecule has 19 heavy (non-hydrogen) atoms. The lowest BCUT2D eigenvalue weighted by atomic mass is 10.2. The molecule has 0 aliphatic rings. The van der Waals surface area contributed by atoms with Crippen molar-refractivity contribution in [3.63, 3.8) is 0 Å². The summed E-state index contributed by atoms with van der Waals surface area (Å²) in [7, 11) is 1.60. The molecular formula is C15H17NO2S. The SMILES string of the molecule is COc1ccc(C)cc1NC(=O)CCc1cccs1. The summed E-state index contributed by atoms with van der Waals surface area (Å²) in [6.07, 6.45) is 1.26. The molecule has 0 aliphatic carbocycles. The van der Waals surface area contributed by atoms with Gasteiger partial charge in [0, 0.05) is 11.3 Å². The van der Waals surface area contributed by atoms with Crippen LogP contribution < -0.4 is 10.1 Å². The third-order valence-corrected chi connectivity index (χ3v) is 3.74. The predicted octanol–water partition coefficient (Wildman–Crippen LogP) is 3.64. The van der Waals surface area contributed by atoms with Crippen LogP contribution in [0.4, 0.5) is 5.69 Å². The normalized spacial score (nSPS) is 10.2. The van der Waals surface area contributed by atoms with Gasteiger partial charge in [0.1, 0.15) is 5.75 Å². The number of hydrogen-bond acceptors (Lipinski definition) is 3. The second-order valence-corrected chi connectivity index (χ2v) is 5.36. The van der Waals surface area contributed by atoms with Gasteiger partial charge in [0.2, 0.25) is 5.91 Å². The van der Waals surface area contributed by atoms with Crippen molar-refractivity contribution in [3.8, 4) is 5.75 Å². The van der Waals surface area contributed by atoms with Crippen molar-refractivity contribution in [2.24, 2.45) is 0 Å². The number of benzene rings is 1. The van der Waals surface area contributed by atoms with E-state index in [2.05, 4.69) is 5.32 Å². The van der Waals surface area contributed by atoms with E-state index in [0.717, 1.165) is 17.7 Å². The summed E-state index contributed by atoms with van der Waals surface area (Å²) in [6.45, 7) is 1.99. The fourth-order valence-electron chi connectivity index (χ4n) is 1.82. The summed E-state index contributed by atoms with van der Waals surface area (Å²) < 4.78 is 5.24. The number of hydrogen-bond donors (Lipinski definition) is 1. The van der Waals surface area contributed by atoms with Crippen LogP contribution in [0.2, 0.25) is 0 Å². The van der Waals surface area contributed by atoms with Crippen molar-refractivity contribution in [3.05, 3.63) is 46.2 Å². The average Bonchev–Trinajstić information content (AvgIpc) is 2.90. The first kappa shape index (κ1) is 13.6. The molecule has 0 spiro atoms. The first-order chi connectivity index (χ1) is 9.19. The molecule has 0 fully saturated rings. The summed E-state index contributed by atoms with van der Waals surface area (Å²) in [5.74, 6) is 0.701. The Morgan fingerprint density at radius 1 is 1.37 bits per heavy atom. The number of aryl methyl sites for hydroxylation is 2. The smallest absolute Gasteiger partial charge is 0.224 e. The number of rotatable bonds is 5. The number of nitrogens with one attached hydrogen (secondary N) is 1. The predicted molar refractivity (Wildman–Crippen MR) is 79.0 cm³/mol. The molecule has 2 rings (SSSR count). The topological polar surface area (TPSA) is 38.3 Å². The summed E-state index contributed by atoms with van der Waals surface area (Å²) in [4.78, 5) is 13.2. The van der Waals surface area contributed by atoms with E-state index in [0.29, 0.717) is 12.2 Å². The standard InChI is InChI=1S/C15H17NO2S/c1-11-5-7-14(18-2)13(10-11)16-15(17)8-6-12-4-3-9-19-12/h3-5,7,9-10H,6,8H2,1-2H3,(H,16,17). The molecule has 0 unspecified atom stereocenters. The summed E-state index contributed by atoms with van der Waals surface area (Å²) in [5.41, 5.74) is 1.83. The Bertz CT molecular complexity index is 549. The van der Waals surface area contributed by atoms with E-state index in [1.807, 2.05) is 42.6 Å². The zero-order valence-corrected chi connectivity index (χ0v) is 11.9. The second-order valence-electron chi connectivity index (χ2n) is 4.33. The van der Waals surface area contributed by atoms with E-state index in [1.165, 1.54) is 4.88 Å². The Kier molecular flexibility index (Phi) is 4.58. The fraction of sp³-hybridized carbons (Fsp3) is 0.267. The first-order valence-electron chi connectivity index (χ1n) is 6.16. The molecule has 1 amide bonds. The lowest BCUT2D eigenvalue weighted by molar-refractivity contribution is -0.116. The minimum atomic E-state index is 0.0114. The fourth-order valence-corrected chi connectivity index (χ4v) is 2.53. The molecule has 0 bridgehead atoms. The summed E-state index contributed by atoms with van der Waals surface area (Å²) in [6, 6.07) is 9.79. The molecule has 100 valence electrons. The largest absolute Gasteiger partial charge is 0.495 e. The van der Waals surface area contributed by atoms with Crippen LogP contribution in [-0.4, -0.2) is 13.0 Å². The van der Waals surface area contributed by atoms with Gasteiger partial charge in [-0.2, -0.15) is 0 Å². The van der Waals surface area contributed by atoms with Gasteiger partial charge in [0.15, 0.2) is 0 Å². The molecule has 3 nitrogen and oxygen atoms in total. The summed E-state index contributed by atoms with van der Waals surface area (Å²) in [5, 5.41) is 4.93. The monoisotopic (exact) mass is 275 g/mol. The molecule has 0 radical (unpaired) electrons. The van der Waals surface area contributed by atoms with E-state index in [-0.39, 0.29) is 5.91 Å². The van der Waals surface area contributed by atoms with Crippen LogP contribution in [-0.2, 0) is 11.2 Å². The van der Waals surface area contributed by atoms with Gasteiger partial charge in [-0.15, -0.1) is 11.3 Å². The van der Waals surface area contributed by atoms with Crippen molar-refractivity contribution in [2.45, 2.75) is 19.8 Å². The highest BCUT2D eigenvalue weighted by molar-refractivity contribution is 7.09. The molecule has 1 aromatic carbocycles. The van der Waals surface area contributed by atoms with Crippen molar-refractivity contribution in [1.82, 2.24) is 0 Å². The number of ether oxygens (including phenoxy) is 1. The van der Waals surface area contributed by atoms with Gasteiger partial charge in [0.05, 0.1) is 12.8 Å². The molecule has 2 aromatic rings. The minimum absolute atomic E-state index is 0.0114. The number of methoxy groups -OCH3 is 1. The van der Waals surface area contributed by atoms with Crippen LogP contribution in [0.25, 0.3) is 0 Å². The highest BCUT2D eigenvalue weighted by Gasteiger charge is 2.08. The van der Waals surface area contributed by atoms with Crippen molar-refractivity contribution < 1.29 is 9.53 Å². The van der Waals surface area contributed by atoms with E-state index < -0.39 is 0 Å². The van der Waals surface area contributed by atoms with Gasteiger partial charge in [-0.25, -0.2) is 0 Å². The number of anilines is 1. The molecule has 1 aromatic heterocycles. The van der Waals surface area contributed by atoms with Crippen LogP contribution in [0, 0.1) is 6.92 Å². The maximum atomic E-state index is 11.9. The molecule has 1 N–H and O–H groups in total. The Morgan fingerprint density at radius 2 is 2.21 bits per heavy atom. The molecule has 0 atom stereocenters. The van der Waals surface area contributed by atoms with Gasteiger partial charge in [-0.3, -0.25) is 4.79 Å². The zero-order chi connectivity index (χ0) is 13.7. The zero-order valence-electron chi connectivity index (χ0n) is 11.1. The Hall–Kier alpha value is -1.81. The summed E-state index contributed by atoms with van der Waals surface area (Å²) >= 11 is 1.68. The Morgan fingerprint density at radius 3 is 2.89 bits per heavy atom. The van der Waals surface area contributed by atoms with Gasteiger partial charge >= 0.3 is 0 Å². The van der Waals surface area contributed by atoms with E-state index in [9.17, 15) is 4.79 Å². The molecule has 1 heterocycles. The van der Waals surface area contributed by atoms with E-state index >= 15 is 0 Å². The number of amides is 1. The lowest BCUT2D eigenvalue weighted by Crippen LogP contribution is -2.13. The highest BCUT2D eigenvalue weighted by atomic mass is 32.1. The van der Waals surface area contributed by atoms with Gasteiger partial charge < -0.3 is 10.1 Å². The van der Waals surface area contributed by atoms with Gasteiger partial charge in [0.25, 0.3) is 0 Å². The van der Waals surface area contributed by atoms with E-state index in [4.69, 9.17) is 4.74 Å². The molecule has 0 aliphatic heterocycles. The second kappa shape index (κ2) is 6.38. The third kappa shape index (κ3) is 3.83. The number of thiophene rings is 1. The first-order valence-corrected chi connectivity index (χ1v) is 7.04. The lowest BCUT2D eigenvalue weighted by Gasteiger charge is -2.10. The maximum Gasteiger partial charge on any atom is 0.224 e. The van der Waals surface area contributed by atoms with Crippen LogP contribution in [0.15, 0.2) is 35.7 Å². The van der Waals surface area contributed by atoms with E-state index in [1.54, 1.807) is 18.4 Å². The van der Waals surface area contributed by atoms with Crippen LogP contribution >= 0.6 is 11.3 Å². The highest BCUT2D eigenvalue weighted by Crippen LogP contribution is 2.25. The van der Waals surface area contributed by atoms with Crippen LogP contribution in [0.5, 0.6) is 5.75 Å². The Balaban J connectivity index is 1.96. The van der Waals surface area contributed by atoms with Crippen molar-refractivity contribution >= 4 is 22.9 Å². The van der Waals surface area contributed by atoms with Crippen molar-refractivity contribution in [2.75, 3.05) is 12.4 Å². The molecule has 4 heteroatoms.